The summed E-state index contributed by atoms with van der Waals surface area (Å²) in [6.07, 6.45) is 5.23. The first-order valence-corrected chi connectivity index (χ1v) is 10.4. The number of hydrogen-bond donors (Lipinski definition) is 2. The molecule has 0 radical (unpaired) electrons. The van der Waals surface area contributed by atoms with E-state index in [9.17, 15) is 0 Å². The molecule has 0 atom stereocenters. The lowest BCUT2D eigenvalue weighted by Crippen LogP contribution is -2.48. The fourth-order valence-electron chi connectivity index (χ4n) is 3.35. The second kappa shape index (κ2) is 14.4. The van der Waals surface area contributed by atoms with Crippen molar-refractivity contribution in [2.75, 3.05) is 46.6 Å². The van der Waals surface area contributed by atoms with Crippen LogP contribution < -0.4 is 10.6 Å². The normalized spacial score (nSPS) is 16.3. The Hall–Kier alpha value is -0.570. The molecule has 1 aromatic carbocycles. The predicted molar refractivity (Wildman–Crippen MR) is 128 cm³/mol. The van der Waals surface area contributed by atoms with Gasteiger partial charge in [-0.25, -0.2) is 0 Å². The molecule has 0 aromatic heterocycles. The number of nitrogens with one attached hydrogen (secondary N) is 2. The van der Waals surface area contributed by atoms with Gasteiger partial charge in [-0.2, -0.15) is 0 Å². The number of aliphatic imine (C=N–C) groups is 1. The maximum absolute atomic E-state index is 6.25. The van der Waals surface area contributed by atoms with Gasteiger partial charge in [0, 0.05) is 57.0 Å². The molecular formula is C21H35ClIN3O2. The second-order valence-corrected chi connectivity index (χ2v) is 7.51. The van der Waals surface area contributed by atoms with Crippen LogP contribution in [0.1, 0.15) is 44.6 Å². The minimum Gasteiger partial charge on any atom is -0.381 e. The Morgan fingerprint density at radius 2 is 1.96 bits per heavy atom. The monoisotopic (exact) mass is 523 g/mol. The second-order valence-electron chi connectivity index (χ2n) is 7.08. The minimum absolute atomic E-state index is 0. The molecule has 0 amide bonds. The zero-order valence-corrected chi connectivity index (χ0v) is 20.2. The van der Waals surface area contributed by atoms with Gasteiger partial charge in [-0.05, 0) is 43.4 Å². The molecule has 2 N–H and O–H groups in total. The Morgan fingerprint density at radius 1 is 1.21 bits per heavy atom. The lowest BCUT2D eigenvalue weighted by Gasteiger charge is -2.38. The van der Waals surface area contributed by atoms with Crippen LogP contribution in [0.2, 0.25) is 5.02 Å². The van der Waals surface area contributed by atoms with Crippen LogP contribution in [0.4, 0.5) is 0 Å². The molecule has 0 bridgehead atoms. The zero-order chi connectivity index (χ0) is 19.4. The van der Waals surface area contributed by atoms with Gasteiger partial charge in [0.25, 0.3) is 0 Å². The molecule has 0 aliphatic carbocycles. The van der Waals surface area contributed by atoms with Crippen molar-refractivity contribution in [3.63, 3.8) is 0 Å². The van der Waals surface area contributed by atoms with Crippen molar-refractivity contribution < 1.29 is 9.47 Å². The maximum atomic E-state index is 6.25. The maximum Gasteiger partial charge on any atom is 0.191 e. The smallest absolute Gasteiger partial charge is 0.191 e. The lowest BCUT2D eigenvalue weighted by molar-refractivity contribution is 0.0514. The Morgan fingerprint density at radius 3 is 2.64 bits per heavy atom. The average Bonchev–Trinajstić information content (AvgIpc) is 2.70. The highest BCUT2D eigenvalue weighted by atomic mass is 127. The molecule has 160 valence electrons. The number of hydrogen-bond acceptors (Lipinski definition) is 3. The highest BCUT2D eigenvalue weighted by Gasteiger charge is 2.34. The number of nitrogens with zero attached hydrogens (tertiary/aromatic N) is 1. The summed E-state index contributed by atoms with van der Waals surface area (Å²) in [4.78, 5) is 4.36. The van der Waals surface area contributed by atoms with Crippen molar-refractivity contribution in [1.82, 2.24) is 10.6 Å². The summed E-state index contributed by atoms with van der Waals surface area (Å²) >= 11 is 6.25. The van der Waals surface area contributed by atoms with E-state index >= 15 is 0 Å². The molecule has 1 fully saturated rings. The molecule has 0 unspecified atom stereocenters. The van der Waals surface area contributed by atoms with E-state index in [4.69, 9.17) is 21.1 Å². The van der Waals surface area contributed by atoms with E-state index in [2.05, 4.69) is 34.7 Å². The highest BCUT2D eigenvalue weighted by molar-refractivity contribution is 14.0. The summed E-state index contributed by atoms with van der Waals surface area (Å²) in [5.41, 5.74) is 1.29. The summed E-state index contributed by atoms with van der Waals surface area (Å²) in [6, 6.07) is 8.20. The number of ether oxygens (including phenoxy) is 2. The van der Waals surface area contributed by atoms with E-state index in [-0.39, 0.29) is 29.4 Å². The Bertz CT molecular complexity index is 581. The molecule has 1 saturated heterocycles. The fraction of sp³-hybridized carbons (Fsp3) is 0.667. The predicted octanol–water partition coefficient (Wildman–Crippen LogP) is 4.38. The zero-order valence-electron chi connectivity index (χ0n) is 17.1. The van der Waals surface area contributed by atoms with Crippen LogP contribution in [0.5, 0.6) is 0 Å². The summed E-state index contributed by atoms with van der Waals surface area (Å²) in [5, 5.41) is 7.67. The van der Waals surface area contributed by atoms with Crippen LogP contribution in [0.3, 0.4) is 0 Å². The molecule has 1 heterocycles. The van der Waals surface area contributed by atoms with Crippen molar-refractivity contribution in [2.45, 2.75) is 44.4 Å². The largest absolute Gasteiger partial charge is 0.381 e. The standard InChI is InChI=1S/C21H34ClN3O2.HI/c1-3-4-12-26-13-6-11-24-20(23-2)25-17-21(9-14-27-15-10-21)18-7-5-8-19(22)16-18;/h5,7-8,16H,3-4,6,9-15,17H2,1-2H3,(H2,23,24,25);1H. The molecule has 1 aliphatic rings. The summed E-state index contributed by atoms with van der Waals surface area (Å²) in [5.74, 6) is 0.830. The molecule has 1 aliphatic heterocycles. The van der Waals surface area contributed by atoms with Gasteiger partial charge in [0.1, 0.15) is 0 Å². The number of guanidine groups is 1. The van der Waals surface area contributed by atoms with Gasteiger partial charge >= 0.3 is 0 Å². The minimum atomic E-state index is 0. The van der Waals surface area contributed by atoms with E-state index in [0.717, 1.165) is 76.2 Å². The fourth-order valence-corrected chi connectivity index (χ4v) is 3.54. The first kappa shape index (κ1) is 25.5. The van der Waals surface area contributed by atoms with Crippen molar-refractivity contribution >= 4 is 41.5 Å². The van der Waals surface area contributed by atoms with E-state index < -0.39 is 0 Å². The van der Waals surface area contributed by atoms with Crippen LogP contribution in [0, 0.1) is 0 Å². The number of rotatable bonds is 10. The van der Waals surface area contributed by atoms with Crippen molar-refractivity contribution in [3.8, 4) is 0 Å². The highest BCUT2D eigenvalue weighted by Crippen LogP contribution is 2.35. The van der Waals surface area contributed by atoms with Crippen LogP contribution in [-0.4, -0.2) is 52.5 Å². The topological polar surface area (TPSA) is 54.9 Å². The van der Waals surface area contributed by atoms with E-state index in [1.54, 1.807) is 0 Å². The molecule has 0 spiro atoms. The molecule has 7 heteroatoms. The van der Waals surface area contributed by atoms with Crippen LogP contribution in [-0.2, 0) is 14.9 Å². The van der Waals surface area contributed by atoms with Crippen LogP contribution >= 0.6 is 35.6 Å². The molecular weight excluding hydrogens is 489 g/mol. The molecule has 1 aromatic rings. The van der Waals surface area contributed by atoms with Gasteiger partial charge in [0.2, 0.25) is 0 Å². The van der Waals surface area contributed by atoms with E-state index in [1.807, 2.05) is 19.2 Å². The van der Waals surface area contributed by atoms with Crippen molar-refractivity contribution in [3.05, 3.63) is 34.9 Å². The summed E-state index contributed by atoms with van der Waals surface area (Å²) in [6.45, 7) is 7.02. The average molecular weight is 524 g/mol. The number of benzene rings is 1. The summed E-state index contributed by atoms with van der Waals surface area (Å²) < 4.78 is 11.2. The van der Waals surface area contributed by atoms with Gasteiger partial charge in [-0.1, -0.05) is 37.1 Å². The Labute approximate surface area is 192 Å². The van der Waals surface area contributed by atoms with Crippen LogP contribution in [0.25, 0.3) is 0 Å². The third-order valence-electron chi connectivity index (χ3n) is 5.10. The Kier molecular flexibility index (Phi) is 13.1. The number of halogens is 2. The third kappa shape index (κ3) is 8.43. The Balaban J connectivity index is 0.00000392. The first-order valence-electron chi connectivity index (χ1n) is 10.1. The lowest BCUT2D eigenvalue weighted by atomic mass is 9.74. The summed E-state index contributed by atoms with van der Waals surface area (Å²) in [7, 11) is 1.81. The third-order valence-corrected chi connectivity index (χ3v) is 5.34. The first-order chi connectivity index (χ1) is 13.2. The molecule has 2 rings (SSSR count). The molecule has 0 saturated carbocycles. The van der Waals surface area contributed by atoms with E-state index in [1.165, 1.54) is 12.0 Å². The van der Waals surface area contributed by atoms with Crippen LogP contribution in [0.15, 0.2) is 29.3 Å². The van der Waals surface area contributed by atoms with Gasteiger partial charge < -0.3 is 20.1 Å². The van der Waals surface area contributed by atoms with Gasteiger partial charge in [-0.3, -0.25) is 4.99 Å². The molecule has 28 heavy (non-hydrogen) atoms. The van der Waals surface area contributed by atoms with Crippen molar-refractivity contribution in [1.29, 1.82) is 0 Å². The quantitative estimate of drug-likeness (QED) is 0.207. The van der Waals surface area contributed by atoms with E-state index in [0.29, 0.717) is 0 Å². The molecule has 5 nitrogen and oxygen atoms in total. The number of unbranched alkanes of at least 4 members (excludes halogenated alkanes) is 1. The van der Waals surface area contributed by atoms with Crippen molar-refractivity contribution in [2.24, 2.45) is 4.99 Å². The van der Waals surface area contributed by atoms with Gasteiger partial charge in [-0.15, -0.1) is 24.0 Å². The van der Waals surface area contributed by atoms with Gasteiger partial charge in [0.05, 0.1) is 0 Å². The SMILES string of the molecule is CCCCOCCCNC(=NC)NCC1(c2cccc(Cl)c2)CCOCC1.I. The van der Waals surface area contributed by atoms with Gasteiger partial charge in [0.15, 0.2) is 5.96 Å².